The van der Waals surface area contributed by atoms with Crippen molar-refractivity contribution >= 4 is 5.91 Å². The number of nitrogens with two attached hydrogens (primary N) is 1. The number of methoxy groups -OCH3 is 1. The van der Waals surface area contributed by atoms with Crippen LogP contribution in [0.2, 0.25) is 0 Å². The molecule has 1 unspecified atom stereocenters. The molecule has 1 aliphatic rings. The highest BCUT2D eigenvalue weighted by Crippen LogP contribution is 2.20. The summed E-state index contributed by atoms with van der Waals surface area (Å²) in [5.74, 6) is -0.581. The predicted octanol–water partition coefficient (Wildman–Crippen LogP) is 0.549. The Morgan fingerprint density at radius 1 is 1.50 bits per heavy atom. The molecule has 0 aliphatic carbocycles. The zero-order valence-corrected chi connectivity index (χ0v) is 11.8. The molecule has 6 heteroatoms. The van der Waals surface area contributed by atoms with Crippen LogP contribution in [-0.4, -0.2) is 62.1 Å². The minimum atomic E-state index is -0.531. The van der Waals surface area contributed by atoms with E-state index in [0.29, 0.717) is 18.7 Å². The Balaban J connectivity index is 2.19. The van der Waals surface area contributed by atoms with Crippen molar-refractivity contribution in [1.82, 2.24) is 9.80 Å². The Bertz CT molecular complexity index is 495. The largest absolute Gasteiger partial charge is 0.494 e. The van der Waals surface area contributed by atoms with Crippen molar-refractivity contribution in [2.45, 2.75) is 6.04 Å². The van der Waals surface area contributed by atoms with Crippen LogP contribution < -0.4 is 10.5 Å². The average molecular weight is 281 g/mol. The molecule has 1 aliphatic heterocycles. The van der Waals surface area contributed by atoms with Crippen LogP contribution in [0, 0.1) is 5.82 Å². The highest BCUT2D eigenvalue weighted by molar-refractivity contribution is 5.94. The number of halogens is 1. The number of ether oxygens (including phenoxy) is 1. The molecule has 2 rings (SSSR count). The Labute approximate surface area is 118 Å². The van der Waals surface area contributed by atoms with Gasteiger partial charge in [-0.1, -0.05) is 0 Å². The number of nitrogens with zero attached hydrogens (tertiary/aromatic N) is 2. The van der Waals surface area contributed by atoms with E-state index in [-0.39, 0.29) is 17.7 Å². The van der Waals surface area contributed by atoms with Crippen LogP contribution >= 0.6 is 0 Å². The predicted molar refractivity (Wildman–Crippen MR) is 74.3 cm³/mol. The molecular formula is C14H20FN3O2. The lowest BCUT2D eigenvalue weighted by atomic mass is 10.1. The van der Waals surface area contributed by atoms with Crippen molar-refractivity contribution in [3.63, 3.8) is 0 Å². The molecule has 20 heavy (non-hydrogen) atoms. The van der Waals surface area contributed by atoms with Crippen molar-refractivity contribution in [3.05, 3.63) is 29.6 Å². The number of carbonyl (C=O) groups excluding carboxylic acids is 1. The maximum Gasteiger partial charge on any atom is 0.254 e. The van der Waals surface area contributed by atoms with Crippen LogP contribution in [0.1, 0.15) is 10.4 Å². The Morgan fingerprint density at radius 3 is 2.85 bits per heavy atom. The first-order valence-electron chi connectivity index (χ1n) is 6.60. The van der Waals surface area contributed by atoms with Gasteiger partial charge >= 0.3 is 0 Å². The molecule has 1 atom stereocenters. The topological polar surface area (TPSA) is 58.8 Å². The van der Waals surface area contributed by atoms with Gasteiger partial charge in [-0.2, -0.15) is 0 Å². The third kappa shape index (κ3) is 2.91. The standard InChI is InChI=1S/C14H20FN3O2/c1-17-5-6-18(11(8-16)9-17)14(19)10-3-4-13(20-2)12(15)7-10/h3-4,7,11H,5-6,8-9,16H2,1-2H3. The highest BCUT2D eigenvalue weighted by atomic mass is 19.1. The molecule has 0 bridgehead atoms. The summed E-state index contributed by atoms with van der Waals surface area (Å²) in [7, 11) is 3.39. The van der Waals surface area contributed by atoms with Gasteiger partial charge in [0, 0.05) is 31.7 Å². The smallest absolute Gasteiger partial charge is 0.254 e. The molecule has 110 valence electrons. The number of hydrogen-bond acceptors (Lipinski definition) is 4. The van der Waals surface area contributed by atoms with Crippen LogP contribution in [0.15, 0.2) is 18.2 Å². The minimum Gasteiger partial charge on any atom is -0.494 e. The monoisotopic (exact) mass is 281 g/mol. The molecule has 1 saturated heterocycles. The first-order valence-corrected chi connectivity index (χ1v) is 6.60. The third-order valence-corrected chi connectivity index (χ3v) is 3.62. The maximum absolute atomic E-state index is 13.7. The quantitative estimate of drug-likeness (QED) is 0.879. The van der Waals surface area contributed by atoms with E-state index in [4.69, 9.17) is 10.5 Å². The summed E-state index contributed by atoms with van der Waals surface area (Å²) in [5, 5.41) is 0. The molecular weight excluding hydrogens is 261 g/mol. The van der Waals surface area contributed by atoms with Crippen molar-refractivity contribution in [2.75, 3.05) is 40.3 Å². The first kappa shape index (κ1) is 14.7. The van der Waals surface area contributed by atoms with Crippen LogP contribution in [-0.2, 0) is 0 Å². The normalized spacial score (nSPS) is 20.0. The van der Waals surface area contributed by atoms with Gasteiger partial charge in [-0.25, -0.2) is 4.39 Å². The molecule has 1 amide bonds. The fourth-order valence-electron chi connectivity index (χ4n) is 2.45. The zero-order chi connectivity index (χ0) is 14.7. The first-order chi connectivity index (χ1) is 9.56. The van der Waals surface area contributed by atoms with E-state index in [9.17, 15) is 9.18 Å². The van der Waals surface area contributed by atoms with Gasteiger partial charge in [0.2, 0.25) is 0 Å². The zero-order valence-electron chi connectivity index (χ0n) is 11.8. The maximum atomic E-state index is 13.7. The Morgan fingerprint density at radius 2 is 2.25 bits per heavy atom. The molecule has 2 N–H and O–H groups in total. The van der Waals surface area contributed by atoms with E-state index >= 15 is 0 Å². The second-order valence-electron chi connectivity index (χ2n) is 5.00. The van der Waals surface area contributed by atoms with Gasteiger partial charge in [-0.3, -0.25) is 4.79 Å². The number of piperazine rings is 1. The number of benzene rings is 1. The lowest BCUT2D eigenvalue weighted by molar-refractivity contribution is 0.0515. The molecule has 1 aromatic carbocycles. The van der Waals surface area contributed by atoms with Gasteiger partial charge in [0.1, 0.15) is 0 Å². The summed E-state index contributed by atoms with van der Waals surface area (Å²) in [5.41, 5.74) is 6.06. The van der Waals surface area contributed by atoms with Crippen molar-refractivity contribution in [2.24, 2.45) is 5.73 Å². The van der Waals surface area contributed by atoms with Gasteiger partial charge in [0.05, 0.1) is 13.2 Å². The van der Waals surface area contributed by atoms with E-state index in [1.54, 1.807) is 11.0 Å². The van der Waals surface area contributed by atoms with Crippen LogP contribution in [0.4, 0.5) is 4.39 Å². The van der Waals surface area contributed by atoms with Gasteiger partial charge in [0.25, 0.3) is 5.91 Å². The van der Waals surface area contributed by atoms with Crippen LogP contribution in [0.5, 0.6) is 5.75 Å². The number of rotatable bonds is 3. The second-order valence-corrected chi connectivity index (χ2v) is 5.00. The summed E-state index contributed by atoms with van der Waals surface area (Å²) in [6, 6.07) is 4.23. The average Bonchev–Trinajstić information content (AvgIpc) is 2.46. The van der Waals surface area contributed by atoms with E-state index in [1.165, 1.54) is 19.2 Å². The summed E-state index contributed by atoms with van der Waals surface area (Å²) in [6.07, 6.45) is 0. The molecule has 1 aromatic rings. The highest BCUT2D eigenvalue weighted by Gasteiger charge is 2.29. The van der Waals surface area contributed by atoms with E-state index in [2.05, 4.69) is 4.90 Å². The van der Waals surface area contributed by atoms with E-state index < -0.39 is 5.82 Å². The number of amides is 1. The lowest BCUT2D eigenvalue weighted by Crippen LogP contribution is -2.56. The summed E-state index contributed by atoms with van der Waals surface area (Å²) in [4.78, 5) is 16.3. The summed E-state index contributed by atoms with van der Waals surface area (Å²) >= 11 is 0. The van der Waals surface area contributed by atoms with E-state index in [1.807, 2.05) is 7.05 Å². The van der Waals surface area contributed by atoms with Gasteiger partial charge in [0.15, 0.2) is 11.6 Å². The van der Waals surface area contributed by atoms with Gasteiger partial charge in [-0.15, -0.1) is 0 Å². The van der Waals surface area contributed by atoms with Crippen LogP contribution in [0.25, 0.3) is 0 Å². The Hall–Kier alpha value is -1.66. The van der Waals surface area contributed by atoms with Crippen molar-refractivity contribution < 1.29 is 13.9 Å². The molecule has 5 nitrogen and oxygen atoms in total. The fraction of sp³-hybridized carbons (Fsp3) is 0.500. The third-order valence-electron chi connectivity index (χ3n) is 3.62. The Kier molecular flexibility index (Phi) is 4.57. The van der Waals surface area contributed by atoms with Crippen molar-refractivity contribution in [3.8, 4) is 5.75 Å². The fourth-order valence-corrected chi connectivity index (χ4v) is 2.45. The molecule has 1 heterocycles. The molecule has 1 fully saturated rings. The molecule has 0 spiro atoms. The van der Waals surface area contributed by atoms with Crippen LogP contribution in [0.3, 0.4) is 0 Å². The lowest BCUT2D eigenvalue weighted by Gasteiger charge is -2.39. The van der Waals surface area contributed by atoms with Gasteiger partial charge in [-0.05, 0) is 25.2 Å². The number of hydrogen-bond donors (Lipinski definition) is 1. The van der Waals surface area contributed by atoms with E-state index in [0.717, 1.165) is 13.1 Å². The minimum absolute atomic E-state index is 0.0357. The van der Waals surface area contributed by atoms with Gasteiger partial charge < -0.3 is 20.3 Å². The number of carbonyl (C=O) groups is 1. The van der Waals surface area contributed by atoms with Crippen molar-refractivity contribution in [1.29, 1.82) is 0 Å². The number of likely N-dealkylation sites (N-methyl/N-ethyl adjacent to an activating group) is 1. The summed E-state index contributed by atoms with van der Waals surface area (Å²) in [6.45, 7) is 2.53. The summed E-state index contributed by atoms with van der Waals surface area (Å²) < 4.78 is 18.5. The molecule has 0 aromatic heterocycles. The second kappa shape index (κ2) is 6.19. The SMILES string of the molecule is COc1ccc(C(=O)N2CCN(C)CC2CN)cc1F. The molecule has 0 radical (unpaired) electrons. The molecule has 0 saturated carbocycles.